The molecule has 0 saturated carbocycles. The second kappa shape index (κ2) is 12.5. The summed E-state index contributed by atoms with van der Waals surface area (Å²) in [6, 6.07) is 16.2. The molecule has 9 heteroatoms. The summed E-state index contributed by atoms with van der Waals surface area (Å²) in [4.78, 5) is 53.1. The second-order valence-corrected chi connectivity index (χ2v) is 9.35. The van der Waals surface area contributed by atoms with Crippen molar-refractivity contribution < 1.29 is 23.9 Å². The van der Waals surface area contributed by atoms with Gasteiger partial charge in [-0.1, -0.05) is 55.8 Å². The Hall–Kier alpha value is -4.27. The van der Waals surface area contributed by atoms with Crippen molar-refractivity contribution in [3.8, 4) is 17.1 Å². The van der Waals surface area contributed by atoms with E-state index in [4.69, 9.17) is 9.47 Å². The molecule has 2 aromatic carbocycles. The molecule has 9 nitrogen and oxygen atoms in total. The van der Waals surface area contributed by atoms with E-state index in [1.165, 1.54) is 7.11 Å². The van der Waals surface area contributed by atoms with Gasteiger partial charge in [0.2, 0.25) is 0 Å². The molecule has 1 unspecified atom stereocenters. The summed E-state index contributed by atoms with van der Waals surface area (Å²) >= 11 is 0. The number of ether oxygens (including phenoxy) is 2. The number of aromatic nitrogens is 2. The van der Waals surface area contributed by atoms with Crippen molar-refractivity contribution in [3.63, 3.8) is 0 Å². The molecular formula is C30H34N4O5. The summed E-state index contributed by atoms with van der Waals surface area (Å²) in [6.45, 7) is 6.68. The van der Waals surface area contributed by atoms with Crippen LogP contribution in [0, 0.1) is 0 Å². The van der Waals surface area contributed by atoms with Gasteiger partial charge in [-0.2, -0.15) is 0 Å². The molecule has 3 aromatic rings. The maximum atomic E-state index is 14.0. The first kappa shape index (κ1) is 27.8. The third kappa shape index (κ3) is 5.92. The third-order valence-corrected chi connectivity index (χ3v) is 6.70. The lowest BCUT2D eigenvalue weighted by Crippen LogP contribution is -2.55. The minimum Gasteiger partial charge on any atom is -0.496 e. The molecule has 1 aromatic heterocycles. The molecule has 1 saturated heterocycles. The average molecular weight is 531 g/mol. The van der Waals surface area contributed by atoms with Crippen molar-refractivity contribution >= 4 is 17.8 Å². The molecule has 1 aliphatic heterocycles. The van der Waals surface area contributed by atoms with Gasteiger partial charge in [0.1, 0.15) is 17.0 Å². The highest BCUT2D eigenvalue weighted by Gasteiger charge is 2.35. The van der Waals surface area contributed by atoms with Crippen LogP contribution >= 0.6 is 0 Å². The number of benzene rings is 2. The van der Waals surface area contributed by atoms with Crippen LogP contribution in [0.5, 0.6) is 5.75 Å². The fraction of sp³-hybridized carbons (Fsp3) is 0.367. The first-order valence-corrected chi connectivity index (χ1v) is 13.3. The van der Waals surface area contributed by atoms with Gasteiger partial charge in [0.15, 0.2) is 5.82 Å². The minimum atomic E-state index is -0.609. The van der Waals surface area contributed by atoms with Crippen molar-refractivity contribution in [2.24, 2.45) is 0 Å². The number of para-hydroxylation sites is 1. The van der Waals surface area contributed by atoms with Crippen LogP contribution in [-0.2, 0) is 11.2 Å². The van der Waals surface area contributed by atoms with Crippen LogP contribution in [0.4, 0.5) is 0 Å². The van der Waals surface area contributed by atoms with Gasteiger partial charge in [-0.05, 0) is 32.4 Å². The molecule has 1 fully saturated rings. The molecular weight excluding hydrogens is 496 g/mol. The van der Waals surface area contributed by atoms with E-state index in [1.54, 1.807) is 34.9 Å². The van der Waals surface area contributed by atoms with E-state index in [0.717, 1.165) is 12.0 Å². The molecule has 0 radical (unpaired) electrons. The van der Waals surface area contributed by atoms with E-state index >= 15 is 0 Å². The first-order chi connectivity index (χ1) is 18.9. The zero-order valence-electron chi connectivity index (χ0n) is 22.8. The van der Waals surface area contributed by atoms with Crippen LogP contribution in [0.25, 0.3) is 11.4 Å². The number of methoxy groups -OCH3 is 1. The van der Waals surface area contributed by atoms with Crippen LogP contribution in [0.15, 0.2) is 54.6 Å². The highest BCUT2D eigenvalue weighted by molar-refractivity contribution is 6.05. The molecule has 4 rings (SSSR count). The number of hydrogen-bond donors (Lipinski definition) is 0. The SMILES string of the molecule is CCCc1nc(-c2ccccc2)nc(C(=O)N2CCN(C(=O)c3ccccc3OC)C(C)C2)c1C(=O)OCC. The maximum Gasteiger partial charge on any atom is 0.342 e. The molecule has 2 heterocycles. The predicted molar refractivity (Wildman–Crippen MR) is 147 cm³/mol. The van der Waals surface area contributed by atoms with Gasteiger partial charge in [0.05, 0.1) is 25.0 Å². The Bertz CT molecular complexity index is 1340. The number of nitrogens with zero attached hydrogens (tertiary/aromatic N) is 4. The van der Waals surface area contributed by atoms with E-state index in [0.29, 0.717) is 42.3 Å². The molecule has 0 aliphatic carbocycles. The van der Waals surface area contributed by atoms with Crippen molar-refractivity contribution in [1.82, 2.24) is 19.8 Å². The number of carbonyl (C=O) groups is 3. The Labute approximate surface area is 228 Å². The summed E-state index contributed by atoms with van der Waals surface area (Å²) in [5.74, 6) is -0.260. The average Bonchev–Trinajstić information content (AvgIpc) is 2.96. The number of aryl methyl sites for hydroxylation is 1. The molecule has 1 aliphatic rings. The van der Waals surface area contributed by atoms with Gasteiger partial charge < -0.3 is 19.3 Å². The molecule has 2 amide bonds. The highest BCUT2D eigenvalue weighted by Crippen LogP contribution is 2.25. The van der Waals surface area contributed by atoms with Gasteiger partial charge in [-0.3, -0.25) is 9.59 Å². The van der Waals surface area contributed by atoms with Gasteiger partial charge in [-0.25, -0.2) is 14.8 Å². The Balaban J connectivity index is 1.67. The van der Waals surface area contributed by atoms with Crippen LogP contribution in [0.2, 0.25) is 0 Å². The van der Waals surface area contributed by atoms with Crippen molar-refractivity contribution in [2.75, 3.05) is 33.4 Å². The van der Waals surface area contributed by atoms with Crippen LogP contribution < -0.4 is 4.74 Å². The largest absolute Gasteiger partial charge is 0.496 e. The highest BCUT2D eigenvalue weighted by atomic mass is 16.5. The zero-order valence-corrected chi connectivity index (χ0v) is 22.8. The fourth-order valence-electron chi connectivity index (χ4n) is 4.78. The minimum absolute atomic E-state index is 0.0301. The number of amides is 2. The lowest BCUT2D eigenvalue weighted by molar-refractivity contribution is 0.0404. The smallest absolute Gasteiger partial charge is 0.342 e. The summed E-state index contributed by atoms with van der Waals surface area (Å²) in [5, 5.41) is 0. The Kier molecular flexibility index (Phi) is 8.91. The lowest BCUT2D eigenvalue weighted by atomic mass is 10.0. The third-order valence-electron chi connectivity index (χ3n) is 6.70. The molecule has 204 valence electrons. The van der Waals surface area contributed by atoms with Gasteiger partial charge in [0, 0.05) is 31.2 Å². The van der Waals surface area contributed by atoms with Crippen LogP contribution in [0.3, 0.4) is 0 Å². The first-order valence-electron chi connectivity index (χ1n) is 13.3. The molecule has 0 bridgehead atoms. The van der Waals surface area contributed by atoms with E-state index in [9.17, 15) is 14.4 Å². The summed E-state index contributed by atoms with van der Waals surface area (Å²) in [6.07, 6.45) is 1.22. The number of hydrogen-bond acceptors (Lipinski definition) is 7. The maximum absolute atomic E-state index is 14.0. The molecule has 0 N–H and O–H groups in total. The summed E-state index contributed by atoms with van der Waals surface area (Å²) < 4.78 is 10.7. The molecule has 39 heavy (non-hydrogen) atoms. The Morgan fingerprint density at radius 3 is 2.33 bits per heavy atom. The zero-order chi connectivity index (χ0) is 27.9. The Morgan fingerprint density at radius 1 is 0.949 bits per heavy atom. The summed E-state index contributed by atoms with van der Waals surface area (Å²) in [7, 11) is 1.53. The van der Waals surface area contributed by atoms with Gasteiger partial charge >= 0.3 is 5.97 Å². The fourth-order valence-corrected chi connectivity index (χ4v) is 4.78. The number of carbonyl (C=O) groups excluding carboxylic acids is 3. The van der Waals surface area contributed by atoms with Crippen molar-refractivity contribution in [2.45, 2.75) is 39.7 Å². The Morgan fingerprint density at radius 2 is 1.67 bits per heavy atom. The molecule has 1 atom stereocenters. The van der Waals surface area contributed by atoms with E-state index in [-0.39, 0.29) is 42.3 Å². The second-order valence-electron chi connectivity index (χ2n) is 9.35. The van der Waals surface area contributed by atoms with Crippen LogP contribution in [-0.4, -0.2) is 76.9 Å². The lowest BCUT2D eigenvalue weighted by Gasteiger charge is -2.40. The van der Waals surface area contributed by atoms with E-state index in [1.807, 2.05) is 50.2 Å². The van der Waals surface area contributed by atoms with Crippen LogP contribution in [0.1, 0.15) is 64.1 Å². The summed E-state index contributed by atoms with van der Waals surface area (Å²) in [5.41, 5.74) is 1.86. The number of piperazine rings is 1. The standard InChI is InChI=1S/C30H34N4O5/c1-5-12-23-25(30(37)39-6-2)26(32-27(31-23)21-13-8-7-9-14-21)29(36)33-17-18-34(20(3)19-33)28(35)22-15-10-11-16-24(22)38-4/h7-11,13-16,20H,5-6,12,17-19H2,1-4H3. The quantitative estimate of drug-likeness (QED) is 0.401. The van der Waals surface area contributed by atoms with Gasteiger partial charge in [-0.15, -0.1) is 0 Å². The van der Waals surface area contributed by atoms with Crippen molar-refractivity contribution in [3.05, 3.63) is 77.1 Å². The van der Waals surface area contributed by atoms with E-state index in [2.05, 4.69) is 9.97 Å². The number of rotatable bonds is 8. The number of esters is 1. The monoisotopic (exact) mass is 530 g/mol. The predicted octanol–water partition coefficient (Wildman–Crippen LogP) is 4.27. The van der Waals surface area contributed by atoms with Gasteiger partial charge in [0.25, 0.3) is 11.8 Å². The van der Waals surface area contributed by atoms with Crippen molar-refractivity contribution in [1.29, 1.82) is 0 Å². The topological polar surface area (TPSA) is 102 Å². The molecule has 0 spiro atoms. The normalized spacial score (nSPS) is 15.1. The van der Waals surface area contributed by atoms with E-state index < -0.39 is 5.97 Å².